The van der Waals surface area contributed by atoms with Gasteiger partial charge < -0.3 is 10.2 Å². The van der Waals surface area contributed by atoms with Crippen molar-refractivity contribution in [2.45, 2.75) is 6.42 Å². The number of carbonyl (C=O) groups excluding carboxylic acids is 1. The van der Waals surface area contributed by atoms with Crippen LogP contribution in [0.5, 0.6) is 0 Å². The first kappa shape index (κ1) is 13.3. The minimum absolute atomic E-state index is 0.0153. The van der Waals surface area contributed by atoms with Crippen LogP contribution in [0.3, 0.4) is 0 Å². The molecular formula is C7H16N2O4S. The average molecular weight is 224 g/mol. The molecule has 7 heteroatoms. The van der Waals surface area contributed by atoms with Crippen molar-refractivity contribution in [3.8, 4) is 0 Å². The zero-order chi connectivity index (χ0) is 11.2. The zero-order valence-corrected chi connectivity index (χ0v) is 9.17. The van der Waals surface area contributed by atoms with E-state index in [2.05, 4.69) is 5.32 Å². The van der Waals surface area contributed by atoms with Crippen LogP contribution in [0.2, 0.25) is 0 Å². The van der Waals surface area contributed by atoms with Crippen molar-refractivity contribution in [3.05, 3.63) is 0 Å². The van der Waals surface area contributed by atoms with Gasteiger partial charge in [0.05, 0.1) is 5.75 Å². The predicted molar refractivity (Wildman–Crippen MR) is 52.6 cm³/mol. The first-order valence-electron chi connectivity index (χ1n) is 4.20. The van der Waals surface area contributed by atoms with Crippen LogP contribution >= 0.6 is 0 Å². The van der Waals surface area contributed by atoms with E-state index >= 15 is 0 Å². The van der Waals surface area contributed by atoms with Crippen molar-refractivity contribution >= 4 is 16.0 Å². The molecule has 1 amide bonds. The second kappa shape index (κ2) is 5.94. The topological polar surface area (TPSA) is 86.7 Å². The Balaban J connectivity index is 3.84. The molecular weight excluding hydrogens is 208 g/mol. The molecule has 84 valence electrons. The quantitative estimate of drug-likeness (QED) is 0.562. The Morgan fingerprint density at radius 2 is 2.07 bits per heavy atom. The zero-order valence-electron chi connectivity index (χ0n) is 8.36. The van der Waals surface area contributed by atoms with Gasteiger partial charge in [-0.25, -0.2) is 0 Å². The van der Waals surface area contributed by atoms with Crippen molar-refractivity contribution in [2.24, 2.45) is 0 Å². The Morgan fingerprint density at radius 1 is 1.50 bits per heavy atom. The minimum Gasteiger partial charge on any atom is -0.345 e. The second-order valence-corrected chi connectivity index (χ2v) is 4.53. The van der Waals surface area contributed by atoms with Crippen molar-refractivity contribution in [1.82, 2.24) is 10.2 Å². The van der Waals surface area contributed by atoms with Gasteiger partial charge in [-0.3, -0.25) is 9.35 Å². The lowest BCUT2D eigenvalue weighted by Gasteiger charge is -2.15. The highest BCUT2D eigenvalue weighted by molar-refractivity contribution is 7.85. The summed E-state index contributed by atoms with van der Waals surface area (Å²) in [6.45, 7) is 0.566. The Morgan fingerprint density at radius 3 is 2.50 bits per heavy atom. The van der Waals surface area contributed by atoms with Gasteiger partial charge in [-0.15, -0.1) is 0 Å². The summed E-state index contributed by atoms with van der Waals surface area (Å²) in [5.74, 6) is -0.572. The summed E-state index contributed by atoms with van der Waals surface area (Å²) in [6, 6.07) is 0. The smallest absolute Gasteiger partial charge is 0.266 e. The molecule has 0 rings (SSSR count). The fraction of sp³-hybridized carbons (Fsp3) is 0.857. The lowest BCUT2D eigenvalue weighted by atomic mass is 10.4. The Labute approximate surface area is 84.0 Å². The molecule has 6 nitrogen and oxygen atoms in total. The van der Waals surface area contributed by atoms with E-state index in [9.17, 15) is 13.2 Å². The van der Waals surface area contributed by atoms with Crippen LogP contribution in [0.15, 0.2) is 0 Å². The molecule has 0 aliphatic rings. The molecule has 0 unspecified atom stereocenters. The lowest BCUT2D eigenvalue weighted by molar-refractivity contribution is -0.129. The van der Waals surface area contributed by atoms with E-state index in [1.807, 2.05) is 0 Å². The van der Waals surface area contributed by atoms with Crippen LogP contribution < -0.4 is 5.32 Å². The van der Waals surface area contributed by atoms with Gasteiger partial charge in [0.1, 0.15) is 0 Å². The fourth-order valence-electron chi connectivity index (χ4n) is 0.800. The van der Waals surface area contributed by atoms with Gasteiger partial charge >= 0.3 is 0 Å². The maximum absolute atomic E-state index is 11.2. The van der Waals surface area contributed by atoms with Crippen LogP contribution in [-0.4, -0.2) is 56.7 Å². The molecule has 0 aromatic heterocycles. The van der Waals surface area contributed by atoms with Crippen molar-refractivity contribution in [1.29, 1.82) is 0 Å². The number of hydrogen-bond acceptors (Lipinski definition) is 4. The largest absolute Gasteiger partial charge is 0.345 e. The van der Waals surface area contributed by atoms with Gasteiger partial charge in [0.2, 0.25) is 5.91 Å². The van der Waals surface area contributed by atoms with Gasteiger partial charge in [-0.05, 0) is 7.05 Å². The van der Waals surface area contributed by atoms with Crippen molar-refractivity contribution in [3.63, 3.8) is 0 Å². The fourth-order valence-corrected chi connectivity index (χ4v) is 1.30. The molecule has 14 heavy (non-hydrogen) atoms. The first-order valence-corrected chi connectivity index (χ1v) is 5.81. The molecule has 0 heterocycles. The summed E-state index contributed by atoms with van der Waals surface area (Å²) in [4.78, 5) is 12.5. The first-order chi connectivity index (χ1) is 6.37. The maximum atomic E-state index is 11.2. The molecule has 0 radical (unpaired) electrons. The van der Waals surface area contributed by atoms with Crippen LogP contribution in [0, 0.1) is 0 Å². The SMILES string of the molecule is CNCCC(=O)N(C)CCS(=O)(=O)O. The Hall–Kier alpha value is -0.660. The molecule has 0 bridgehead atoms. The third kappa shape index (κ3) is 6.81. The highest BCUT2D eigenvalue weighted by Gasteiger charge is 2.11. The third-order valence-corrected chi connectivity index (χ3v) is 2.40. The van der Waals surface area contributed by atoms with Crippen molar-refractivity contribution < 1.29 is 17.8 Å². The Kier molecular flexibility index (Phi) is 5.66. The summed E-state index contributed by atoms with van der Waals surface area (Å²) < 4.78 is 29.2. The van der Waals surface area contributed by atoms with Crippen LogP contribution in [-0.2, 0) is 14.9 Å². The van der Waals surface area contributed by atoms with E-state index in [0.29, 0.717) is 13.0 Å². The predicted octanol–water partition coefficient (Wildman–Crippen LogP) is -1.06. The highest BCUT2D eigenvalue weighted by atomic mass is 32.2. The number of carbonyl (C=O) groups is 1. The van der Waals surface area contributed by atoms with Gasteiger partial charge in [-0.1, -0.05) is 0 Å². The summed E-state index contributed by atoms with van der Waals surface area (Å²) >= 11 is 0. The number of hydrogen-bond donors (Lipinski definition) is 2. The summed E-state index contributed by atoms with van der Waals surface area (Å²) in [6.07, 6.45) is 0.318. The molecule has 0 aromatic rings. The number of nitrogens with one attached hydrogen (secondary N) is 1. The highest BCUT2D eigenvalue weighted by Crippen LogP contribution is 1.91. The van der Waals surface area contributed by atoms with E-state index in [0.717, 1.165) is 0 Å². The lowest BCUT2D eigenvalue weighted by Crippen LogP contribution is -2.33. The average Bonchev–Trinajstić information content (AvgIpc) is 2.09. The molecule has 0 saturated carbocycles. The summed E-state index contributed by atoms with van der Waals surface area (Å²) in [7, 11) is -0.752. The van der Waals surface area contributed by atoms with E-state index in [1.165, 1.54) is 11.9 Å². The Bertz CT molecular complexity index is 275. The monoisotopic (exact) mass is 224 g/mol. The molecule has 0 aromatic carbocycles. The van der Waals surface area contributed by atoms with Gasteiger partial charge in [-0.2, -0.15) is 8.42 Å². The molecule has 0 spiro atoms. The second-order valence-electron chi connectivity index (χ2n) is 2.95. The van der Waals surface area contributed by atoms with Crippen LogP contribution in [0.1, 0.15) is 6.42 Å². The molecule has 0 fully saturated rings. The van der Waals surface area contributed by atoms with Gasteiger partial charge in [0.25, 0.3) is 10.1 Å². The number of nitrogens with zero attached hydrogens (tertiary/aromatic N) is 1. The van der Waals surface area contributed by atoms with E-state index in [1.54, 1.807) is 7.05 Å². The van der Waals surface area contributed by atoms with Crippen molar-refractivity contribution in [2.75, 3.05) is 32.9 Å². The van der Waals surface area contributed by atoms with E-state index in [-0.39, 0.29) is 12.5 Å². The van der Waals surface area contributed by atoms with Crippen LogP contribution in [0.4, 0.5) is 0 Å². The normalized spacial score (nSPS) is 11.4. The number of rotatable bonds is 6. The maximum Gasteiger partial charge on any atom is 0.266 e. The van der Waals surface area contributed by atoms with E-state index < -0.39 is 15.9 Å². The summed E-state index contributed by atoms with van der Waals surface area (Å²) in [5, 5.41) is 2.81. The standard InChI is InChI=1S/C7H16N2O4S/c1-8-4-3-7(10)9(2)5-6-14(11,12)13/h8H,3-6H2,1-2H3,(H,11,12,13). The molecule has 0 aliphatic carbocycles. The summed E-state index contributed by atoms with van der Waals surface area (Å²) in [5.41, 5.74) is 0. The number of amides is 1. The third-order valence-electron chi connectivity index (χ3n) is 1.70. The van der Waals surface area contributed by atoms with Gasteiger partial charge in [0.15, 0.2) is 0 Å². The minimum atomic E-state index is -3.98. The molecule has 2 N–H and O–H groups in total. The molecule has 0 aliphatic heterocycles. The molecule has 0 atom stereocenters. The van der Waals surface area contributed by atoms with Gasteiger partial charge in [0, 0.05) is 26.6 Å². The van der Waals surface area contributed by atoms with Crippen LogP contribution in [0.25, 0.3) is 0 Å². The molecule has 0 saturated heterocycles. The van der Waals surface area contributed by atoms with E-state index in [4.69, 9.17) is 4.55 Å².